The van der Waals surface area contributed by atoms with Gasteiger partial charge in [0.25, 0.3) is 0 Å². The van der Waals surface area contributed by atoms with Crippen LogP contribution in [0.1, 0.15) is 92.5 Å². The minimum atomic E-state index is -2.91. The van der Waals surface area contributed by atoms with Gasteiger partial charge in [0.1, 0.15) is 0 Å². The van der Waals surface area contributed by atoms with Gasteiger partial charge < -0.3 is 24.8 Å². The van der Waals surface area contributed by atoms with E-state index in [-0.39, 0.29) is 35.6 Å². The van der Waals surface area contributed by atoms with Gasteiger partial charge >= 0.3 is 346 Å². The summed E-state index contributed by atoms with van der Waals surface area (Å²) in [6, 6.07) is 48.6. The van der Waals surface area contributed by atoms with Gasteiger partial charge in [0.15, 0.2) is 0 Å². The van der Waals surface area contributed by atoms with Crippen molar-refractivity contribution in [2.75, 3.05) is 0 Å². The molecule has 0 spiro atoms. The van der Waals surface area contributed by atoms with E-state index in [9.17, 15) is 0 Å². The molecule has 0 bridgehead atoms. The van der Waals surface area contributed by atoms with Crippen molar-refractivity contribution in [1.82, 2.24) is 0 Å². The van der Waals surface area contributed by atoms with Crippen LogP contribution in [0.15, 0.2) is 149 Å². The Morgan fingerprint density at radius 2 is 1.07 bits per heavy atom. The quantitative estimate of drug-likeness (QED) is 0.148. The number of rotatable bonds is 8. The Morgan fingerprint density at radius 3 is 1.59 bits per heavy atom. The second kappa shape index (κ2) is 17.8. The molecule has 58 heavy (non-hydrogen) atoms. The van der Waals surface area contributed by atoms with Crippen LogP contribution in [0, 0.1) is 13.8 Å². The van der Waals surface area contributed by atoms with Crippen molar-refractivity contribution in [3.05, 3.63) is 193 Å². The predicted molar refractivity (Wildman–Crippen MR) is 239 cm³/mol. The molecule has 0 heterocycles. The third kappa shape index (κ3) is 8.71. The first kappa shape index (κ1) is 43.7. The van der Waals surface area contributed by atoms with Crippen molar-refractivity contribution >= 4 is 6.48 Å². The Kier molecular flexibility index (Phi) is 13.4. The van der Waals surface area contributed by atoms with Crippen LogP contribution in [0.3, 0.4) is 0 Å². The van der Waals surface area contributed by atoms with E-state index in [0.29, 0.717) is 0 Å². The average Bonchev–Trinajstić information content (AvgIpc) is 3.83. The SMILES string of the molecule is Cc1ccccc1-c1cc2c(cc1C(C)(C)C)-c1cc(C(C)(C)C)c(-c3ccccc3C)[c]([Zr+2]([C]3=CC=CC3)=[C](Cc3ccccc3)Cc3ccccc3)c1C2.[Cl-].[Cl-]. The van der Waals surface area contributed by atoms with Crippen LogP contribution < -0.4 is 28.1 Å². The van der Waals surface area contributed by atoms with Crippen molar-refractivity contribution in [2.24, 2.45) is 0 Å². The van der Waals surface area contributed by atoms with Crippen LogP contribution >= 0.6 is 0 Å². The minimum Gasteiger partial charge on any atom is -1.00 e. The van der Waals surface area contributed by atoms with Gasteiger partial charge in [-0.1, -0.05) is 0 Å². The Labute approximate surface area is 368 Å². The molecule has 0 unspecified atom stereocenters. The molecular weight excluding hydrogens is 823 g/mol. The number of hydrogen-bond acceptors (Lipinski definition) is 0. The van der Waals surface area contributed by atoms with Gasteiger partial charge in [-0.25, -0.2) is 0 Å². The molecule has 6 aromatic carbocycles. The molecule has 0 nitrogen and oxygen atoms in total. The van der Waals surface area contributed by atoms with Crippen molar-refractivity contribution in [3.63, 3.8) is 0 Å². The molecule has 0 N–H and O–H groups in total. The molecule has 0 aliphatic heterocycles. The first-order chi connectivity index (χ1) is 26.9. The van der Waals surface area contributed by atoms with Gasteiger partial charge in [-0.05, 0) is 0 Å². The summed E-state index contributed by atoms with van der Waals surface area (Å²) in [6.45, 7) is 19.1. The van der Waals surface area contributed by atoms with Crippen LogP contribution in [0.2, 0.25) is 0 Å². The third-order valence-electron chi connectivity index (χ3n) is 12.0. The molecule has 294 valence electrons. The van der Waals surface area contributed by atoms with E-state index in [1.807, 2.05) is 0 Å². The summed E-state index contributed by atoms with van der Waals surface area (Å²) in [7, 11) is 0. The Morgan fingerprint density at radius 1 is 0.552 bits per heavy atom. The number of fused-ring (bicyclic) bond motifs is 3. The van der Waals surface area contributed by atoms with Crippen LogP contribution in [0.25, 0.3) is 33.4 Å². The molecule has 2 aliphatic carbocycles. The summed E-state index contributed by atoms with van der Waals surface area (Å²) >= 11 is -2.91. The van der Waals surface area contributed by atoms with E-state index in [4.69, 9.17) is 0 Å². The first-order valence-electron chi connectivity index (χ1n) is 20.5. The first-order valence-corrected chi connectivity index (χ1v) is 24.2. The fraction of sp³-hybridized carbons (Fsp3) is 0.255. The molecule has 0 fully saturated rings. The topological polar surface area (TPSA) is 0 Å². The maximum Gasteiger partial charge on any atom is -1.00 e. The Balaban J connectivity index is 0.00000283. The van der Waals surface area contributed by atoms with Gasteiger partial charge in [0, 0.05) is 0 Å². The van der Waals surface area contributed by atoms with Crippen molar-refractivity contribution < 1.29 is 46.1 Å². The molecule has 6 aromatic rings. The molecule has 8 rings (SSSR count). The zero-order valence-electron chi connectivity index (χ0n) is 35.4. The van der Waals surface area contributed by atoms with E-state index >= 15 is 0 Å². The summed E-state index contributed by atoms with van der Waals surface area (Å²) in [5, 5.41) is 0. The molecule has 3 heteroatoms. The number of hydrogen-bond donors (Lipinski definition) is 0. The second-order valence-electron chi connectivity index (χ2n) is 18.2. The zero-order valence-corrected chi connectivity index (χ0v) is 39.4. The molecule has 0 saturated heterocycles. The summed E-state index contributed by atoms with van der Waals surface area (Å²) in [6.07, 6.45) is 11.4. The maximum absolute atomic E-state index is 2.91. The van der Waals surface area contributed by atoms with Crippen LogP contribution in [0.5, 0.6) is 0 Å². The van der Waals surface area contributed by atoms with Gasteiger partial charge in [-0.3, -0.25) is 0 Å². The van der Waals surface area contributed by atoms with Crippen LogP contribution in [-0.4, -0.2) is 3.21 Å². The monoisotopic (exact) mass is 876 g/mol. The number of allylic oxidation sites excluding steroid dienone is 4. The maximum atomic E-state index is 2.64. The molecule has 0 aromatic heterocycles. The molecule has 0 atom stereocenters. The molecule has 0 radical (unpaired) electrons. The Hall–Kier alpha value is -3.87. The predicted octanol–water partition coefficient (Wildman–Crippen LogP) is 7.56. The van der Waals surface area contributed by atoms with Gasteiger partial charge in [-0.2, -0.15) is 0 Å². The molecule has 0 saturated carbocycles. The second-order valence-corrected chi connectivity index (χ2v) is 24.6. The normalized spacial score (nSPS) is 12.8. The number of aryl methyl sites for hydroxylation is 2. The van der Waals surface area contributed by atoms with Crippen LogP contribution in [0.4, 0.5) is 0 Å². The van der Waals surface area contributed by atoms with Gasteiger partial charge in [0.2, 0.25) is 0 Å². The molecule has 2 aliphatic rings. The van der Waals surface area contributed by atoms with E-state index in [1.165, 1.54) is 72.3 Å². The number of halogens is 2. The van der Waals surface area contributed by atoms with Crippen molar-refractivity contribution in [3.8, 4) is 33.4 Å². The van der Waals surface area contributed by atoms with E-state index in [2.05, 4.69) is 201 Å². The minimum absolute atomic E-state index is 0. The standard InChI is InChI=1S/C35H37.C15H14.C5H5.2ClH.Zr/c1-22-13-9-11-15-26(22)30-18-24-17-25-19-31(27-16-12-10-14-23(27)2)33(35(6,7)8)21-29(25)28(24)20-32(30)34(3,4)5;1-3-8-14(9-4-1)12-7-13-15-10-5-2-6-11-15;1-2-4-5-3-1;;;/h9-16,18,20-21H,17H2,1-8H3;1-6,8-11H,12-13H2;1-3H,4H2;2*1H;/q;;;;;+2/p-2. The number of benzene rings is 6. The van der Waals surface area contributed by atoms with E-state index < -0.39 is 21.3 Å². The summed E-state index contributed by atoms with van der Waals surface area (Å²) in [4.78, 5) is 0. The van der Waals surface area contributed by atoms with Crippen LogP contribution in [-0.2, 0) is 51.4 Å². The fourth-order valence-corrected chi connectivity index (χ4v) is 17.9. The molecular formula is C55H56Cl2Zr. The molecule has 0 amide bonds. The van der Waals surface area contributed by atoms with Crippen molar-refractivity contribution in [2.45, 2.75) is 91.9 Å². The fourth-order valence-electron chi connectivity index (χ4n) is 9.22. The average molecular weight is 879 g/mol. The zero-order chi connectivity index (χ0) is 39.2. The summed E-state index contributed by atoms with van der Waals surface area (Å²) in [5.41, 5.74) is 20.0. The van der Waals surface area contributed by atoms with Crippen molar-refractivity contribution in [1.29, 1.82) is 0 Å². The third-order valence-corrected chi connectivity index (χ3v) is 19.7. The van der Waals surface area contributed by atoms with E-state index in [0.717, 1.165) is 25.7 Å². The van der Waals surface area contributed by atoms with Gasteiger partial charge in [-0.15, -0.1) is 0 Å². The van der Waals surface area contributed by atoms with Gasteiger partial charge in [0.05, 0.1) is 0 Å². The smallest absolute Gasteiger partial charge is 1.00 e. The largest absolute Gasteiger partial charge is 1.00 e. The summed E-state index contributed by atoms with van der Waals surface area (Å²) in [5.74, 6) is 0. The summed E-state index contributed by atoms with van der Waals surface area (Å²) < 4.78 is 5.17. The van der Waals surface area contributed by atoms with E-state index in [1.54, 1.807) is 15.3 Å². The Bertz CT molecular complexity index is 2500.